The van der Waals surface area contributed by atoms with Gasteiger partial charge in [0.05, 0.1) is 12.8 Å². The minimum atomic E-state index is 0.00514. The molecule has 0 fully saturated rings. The Morgan fingerprint density at radius 1 is 1.29 bits per heavy atom. The molecule has 0 aliphatic carbocycles. The maximum Gasteiger partial charge on any atom is 0.223 e. The summed E-state index contributed by atoms with van der Waals surface area (Å²) >= 11 is 1.41. The molecule has 2 aromatic rings. The second-order valence-electron chi connectivity index (χ2n) is 4.02. The molecular formula is C13H15NO2S. The number of H-pyrrole nitrogens is 1. The molecule has 0 amide bonds. The Labute approximate surface area is 104 Å². The predicted octanol–water partition coefficient (Wildman–Crippen LogP) is 3.24. The van der Waals surface area contributed by atoms with Gasteiger partial charge in [-0.05, 0) is 43.3 Å². The number of ether oxygens (including phenoxy) is 1. The summed E-state index contributed by atoms with van der Waals surface area (Å²) in [6.45, 7) is 5.96. The Morgan fingerprint density at radius 2 is 2.00 bits per heavy atom. The highest BCUT2D eigenvalue weighted by molar-refractivity contribution is 7.12. The lowest BCUT2D eigenvalue weighted by molar-refractivity contribution is 0.103. The first-order valence-electron chi connectivity index (χ1n) is 5.38. The van der Waals surface area contributed by atoms with Gasteiger partial charge in [0.15, 0.2) is 0 Å². The van der Waals surface area contributed by atoms with Crippen molar-refractivity contribution in [2.45, 2.75) is 20.8 Å². The van der Waals surface area contributed by atoms with Gasteiger partial charge in [-0.2, -0.15) is 0 Å². The Balaban J connectivity index is 2.47. The molecule has 0 radical (unpaired) electrons. The molecule has 1 N–H and O–H groups in total. The lowest BCUT2D eigenvalue weighted by Gasteiger charge is -2.01. The fourth-order valence-corrected chi connectivity index (χ4v) is 2.61. The number of aromatic nitrogens is 1. The number of carbonyl (C=O) groups is 1. The maximum absolute atomic E-state index is 12.4. The molecule has 17 heavy (non-hydrogen) atoms. The lowest BCUT2D eigenvalue weighted by Crippen LogP contribution is -2.03. The quantitative estimate of drug-likeness (QED) is 0.848. The minimum Gasteiger partial charge on any atom is -0.495 e. The average molecular weight is 249 g/mol. The van der Waals surface area contributed by atoms with Crippen LogP contribution in [0.15, 0.2) is 11.4 Å². The second kappa shape index (κ2) is 4.37. The Hall–Kier alpha value is -1.55. The van der Waals surface area contributed by atoms with Crippen molar-refractivity contribution in [1.82, 2.24) is 4.98 Å². The molecule has 3 nitrogen and oxygen atoms in total. The van der Waals surface area contributed by atoms with Gasteiger partial charge in [-0.3, -0.25) is 4.79 Å². The van der Waals surface area contributed by atoms with Crippen LogP contribution in [0.1, 0.15) is 32.2 Å². The molecule has 90 valence electrons. The molecule has 0 atom stereocenters. The number of carbonyl (C=O) groups excluding carboxylic acids is 1. The van der Waals surface area contributed by atoms with Gasteiger partial charge in [-0.15, -0.1) is 11.3 Å². The van der Waals surface area contributed by atoms with E-state index in [9.17, 15) is 4.79 Å². The summed E-state index contributed by atoms with van der Waals surface area (Å²) < 4.78 is 5.18. The van der Waals surface area contributed by atoms with Crippen LogP contribution in [0.3, 0.4) is 0 Å². The van der Waals surface area contributed by atoms with Gasteiger partial charge in [-0.1, -0.05) is 0 Å². The fraction of sp³-hybridized carbons (Fsp3) is 0.308. The molecule has 0 aromatic carbocycles. The van der Waals surface area contributed by atoms with Crippen LogP contribution in [0.4, 0.5) is 0 Å². The molecule has 0 saturated heterocycles. The molecule has 0 spiro atoms. The number of hydrogen-bond acceptors (Lipinski definition) is 3. The van der Waals surface area contributed by atoms with E-state index in [1.165, 1.54) is 11.3 Å². The van der Waals surface area contributed by atoms with E-state index < -0.39 is 0 Å². The van der Waals surface area contributed by atoms with Crippen molar-refractivity contribution in [1.29, 1.82) is 0 Å². The van der Waals surface area contributed by atoms with Gasteiger partial charge >= 0.3 is 0 Å². The number of aryl methyl sites for hydroxylation is 1. The Kier molecular flexibility index (Phi) is 3.07. The normalized spacial score (nSPS) is 10.6. The number of rotatable bonds is 3. The number of methoxy groups -OCH3 is 1. The summed E-state index contributed by atoms with van der Waals surface area (Å²) in [4.78, 5) is 16.2. The topological polar surface area (TPSA) is 42.1 Å². The van der Waals surface area contributed by atoms with Crippen molar-refractivity contribution in [3.05, 3.63) is 38.8 Å². The van der Waals surface area contributed by atoms with E-state index in [0.717, 1.165) is 16.8 Å². The largest absolute Gasteiger partial charge is 0.495 e. The fourth-order valence-electron chi connectivity index (χ4n) is 1.81. The number of aromatic amines is 1. The van der Waals surface area contributed by atoms with Crippen LogP contribution >= 0.6 is 11.3 Å². The van der Waals surface area contributed by atoms with Crippen LogP contribution < -0.4 is 4.74 Å². The smallest absolute Gasteiger partial charge is 0.223 e. The van der Waals surface area contributed by atoms with Crippen molar-refractivity contribution in [2.24, 2.45) is 0 Å². The molecule has 0 bridgehead atoms. The van der Waals surface area contributed by atoms with E-state index in [-0.39, 0.29) is 5.78 Å². The molecule has 0 aliphatic heterocycles. The van der Waals surface area contributed by atoms with Crippen LogP contribution in [0.2, 0.25) is 0 Å². The highest BCUT2D eigenvalue weighted by Crippen LogP contribution is 2.29. The highest BCUT2D eigenvalue weighted by atomic mass is 32.1. The van der Waals surface area contributed by atoms with Crippen molar-refractivity contribution < 1.29 is 9.53 Å². The summed E-state index contributed by atoms with van der Waals surface area (Å²) in [7, 11) is 1.58. The van der Waals surface area contributed by atoms with E-state index in [2.05, 4.69) is 4.98 Å². The number of hydrogen-bond donors (Lipinski definition) is 1. The highest BCUT2D eigenvalue weighted by Gasteiger charge is 2.20. The summed E-state index contributed by atoms with van der Waals surface area (Å²) in [6.07, 6.45) is 0. The van der Waals surface area contributed by atoms with Gasteiger partial charge < -0.3 is 9.72 Å². The van der Waals surface area contributed by atoms with Crippen LogP contribution in [-0.4, -0.2) is 17.9 Å². The molecular weight excluding hydrogens is 234 g/mol. The third-order valence-electron chi connectivity index (χ3n) is 3.09. The first-order chi connectivity index (χ1) is 8.06. The number of nitrogens with one attached hydrogen (secondary N) is 1. The molecule has 0 saturated carbocycles. The van der Waals surface area contributed by atoms with Crippen molar-refractivity contribution in [3.63, 3.8) is 0 Å². The van der Waals surface area contributed by atoms with Gasteiger partial charge in [0.25, 0.3) is 0 Å². The summed E-state index contributed by atoms with van der Waals surface area (Å²) in [5.74, 6) is 0.648. The van der Waals surface area contributed by atoms with Gasteiger partial charge in [-0.25, -0.2) is 0 Å². The molecule has 0 unspecified atom stereocenters. The van der Waals surface area contributed by atoms with Crippen LogP contribution in [0.5, 0.6) is 5.75 Å². The number of ketones is 1. The van der Waals surface area contributed by atoms with Gasteiger partial charge in [0.2, 0.25) is 5.78 Å². The van der Waals surface area contributed by atoms with E-state index >= 15 is 0 Å². The summed E-state index contributed by atoms with van der Waals surface area (Å²) in [5.41, 5.74) is 3.87. The summed E-state index contributed by atoms with van der Waals surface area (Å²) in [5, 5.41) is 1.87. The van der Waals surface area contributed by atoms with Crippen molar-refractivity contribution >= 4 is 17.1 Å². The van der Waals surface area contributed by atoms with E-state index in [4.69, 9.17) is 4.74 Å². The first-order valence-corrected chi connectivity index (χ1v) is 6.26. The zero-order valence-electron chi connectivity index (χ0n) is 10.4. The van der Waals surface area contributed by atoms with Crippen molar-refractivity contribution in [3.8, 4) is 5.75 Å². The Morgan fingerprint density at radius 3 is 2.53 bits per heavy atom. The standard InChI is InChI=1S/C13H15NO2S/c1-7-8(2)11(14-9(7)3)12(15)13-10(16-4)5-6-17-13/h5-6,14H,1-4H3. The third kappa shape index (κ3) is 1.89. The zero-order valence-corrected chi connectivity index (χ0v) is 11.2. The molecule has 2 heterocycles. The minimum absolute atomic E-state index is 0.00514. The van der Waals surface area contributed by atoms with Crippen molar-refractivity contribution in [2.75, 3.05) is 7.11 Å². The number of thiophene rings is 1. The van der Waals surface area contributed by atoms with E-state index in [1.807, 2.05) is 32.2 Å². The van der Waals surface area contributed by atoms with Crippen LogP contribution in [0.25, 0.3) is 0 Å². The van der Waals surface area contributed by atoms with E-state index in [0.29, 0.717) is 16.3 Å². The second-order valence-corrected chi connectivity index (χ2v) is 4.94. The zero-order chi connectivity index (χ0) is 12.6. The van der Waals surface area contributed by atoms with Crippen LogP contribution in [-0.2, 0) is 0 Å². The van der Waals surface area contributed by atoms with Crippen LogP contribution in [0, 0.1) is 20.8 Å². The first kappa shape index (κ1) is 11.9. The summed E-state index contributed by atoms with van der Waals surface area (Å²) in [6, 6.07) is 1.82. The van der Waals surface area contributed by atoms with E-state index in [1.54, 1.807) is 7.11 Å². The molecule has 2 rings (SSSR count). The predicted molar refractivity (Wildman–Crippen MR) is 69.3 cm³/mol. The molecule has 0 aliphatic rings. The van der Waals surface area contributed by atoms with Gasteiger partial charge in [0.1, 0.15) is 10.6 Å². The average Bonchev–Trinajstić information content (AvgIpc) is 2.89. The SMILES string of the molecule is COc1ccsc1C(=O)c1[nH]c(C)c(C)c1C. The monoisotopic (exact) mass is 249 g/mol. The third-order valence-corrected chi connectivity index (χ3v) is 3.99. The molecule has 4 heteroatoms. The molecule has 2 aromatic heterocycles. The lowest BCUT2D eigenvalue weighted by atomic mass is 10.1. The Bertz CT molecular complexity index is 566. The maximum atomic E-state index is 12.4. The van der Waals surface area contributed by atoms with Gasteiger partial charge in [0, 0.05) is 5.69 Å².